The molecule has 174 valence electrons. The fourth-order valence-electron chi connectivity index (χ4n) is 3.04. The second-order valence-corrected chi connectivity index (χ2v) is 10.9. The summed E-state index contributed by atoms with van der Waals surface area (Å²) in [6.45, 7) is 4.85. The van der Waals surface area contributed by atoms with Crippen molar-refractivity contribution in [3.8, 4) is 0 Å². The van der Waals surface area contributed by atoms with Crippen LogP contribution in [-0.2, 0) is 26.2 Å². The number of carbonyl (C=O) groups is 2. The number of carbonyl (C=O) groups excluding carboxylic acids is 2. The zero-order chi connectivity index (χ0) is 24.1. The van der Waals surface area contributed by atoms with Gasteiger partial charge in [-0.05, 0) is 50.6 Å². The Morgan fingerprint density at radius 1 is 1.09 bits per heavy atom. The van der Waals surface area contributed by atoms with Gasteiger partial charge in [0, 0.05) is 22.1 Å². The Morgan fingerprint density at radius 2 is 1.75 bits per heavy atom. The number of nitrogens with zero attached hydrogens (tertiary/aromatic N) is 2. The van der Waals surface area contributed by atoms with Crippen LogP contribution in [0.4, 0.5) is 5.69 Å². The average Bonchev–Trinajstić information content (AvgIpc) is 2.69. The molecule has 0 saturated carbocycles. The van der Waals surface area contributed by atoms with Crippen molar-refractivity contribution in [2.24, 2.45) is 0 Å². The van der Waals surface area contributed by atoms with Crippen LogP contribution in [0.2, 0.25) is 5.02 Å². The van der Waals surface area contributed by atoms with Crippen molar-refractivity contribution < 1.29 is 18.0 Å². The zero-order valence-corrected chi connectivity index (χ0v) is 21.5. The van der Waals surface area contributed by atoms with E-state index >= 15 is 0 Å². The summed E-state index contributed by atoms with van der Waals surface area (Å²) in [4.78, 5) is 27.4. The average molecular weight is 545 g/mol. The number of benzene rings is 2. The van der Waals surface area contributed by atoms with Gasteiger partial charge in [0.25, 0.3) is 0 Å². The largest absolute Gasteiger partial charge is 0.352 e. The van der Waals surface area contributed by atoms with Gasteiger partial charge in [-0.15, -0.1) is 0 Å². The van der Waals surface area contributed by atoms with Crippen molar-refractivity contribution >= 4 is 55.1 Å². The molecule has 2 rings (SSSR count). The van der Waals surface area contributed by atoms with Crippen LogP contribution < -0.4 is 9.62 Å². The third kappa shape index (κ3) is 7.21. The third-order valence-electron chi connectivity index (χ3n) is 4.67. The highest BCUT2D eigenvalue weighted by Crippen LogP contribution is 2.24. The second kappa shape index (κ2) is 11.2. The Kier molecular flexibility index (Phi) is 9.12. The van der Waals surface area contributed by atoms with E-state index in [0.717, 1.165) is 10.6 Å². The molecule has 2 aromatic carbocycles. The van der Waals surface area contributed by atoms with Gasteiger partial charge in [-0.3, -0.25) is 13.9 Å². The number of sulfonamides is 1. The minimum absolute atomic E-state index is 0.0568. The number of amides is 2. The maximum absolute atomic E-state index is 13.4. The molecule has 0 fully saturated rings. The van der Waals surface area contributed by atoms with E-state index in [9.17, 15) is 18.0 Å². The third-order valence-corrected chi connectivity index (χ3v) is 6.67. The van der Waals surface area contributed by atoms with Crippen molar-refractivity contribution in [3.63, 3.8) is 0 Å². The first-order valence-corrected chi connectivity index (χ1v) is 13.0. The minimum atomic E-state index is -3.77. The molecule has 32 heavy (non-hydrogen) atoms. The summed E-state index contributed by atoms with van der Waals surface area (Å²) in [5.41, 5.74) is 0.993. The molecule has 0 aliphatic rings. The molecule has 2 aromatic rings. The fourth-order valence-corrected chi connectivity index (χ4v) is 4.47. The monoisotopic (exact) mass is 543 g/mol. The highest BCUT2D eigenvalue weighted by atomic mass is 79.9. The summed E-state index contributed by atoms with van der Waals surface area (Å²) in [5, 5.41) is 3.25. The molecular weight excluding hydrogens is 518 g/mol. The Hall–Kier alpha value is -2.10. The topological polar surface area (TPSA) is 86.8 Å². The van der Waals surface area contributed by atoms with Gasteiger partial charge in [0.2, 0.25) is 21.8 Å². The van der Waals surface area contributed by atoms with E-state index in [-0.39, 0.29) is 18.5 Å². The summed E-state index contributed by atoms with van der Waals surface area (Å²) in [6.07, 6.45) is 1.04. The molecule has 10 heteroatoms. The van der Waals surface area contributed by atoms with E-state index < -0.39 is 28.5 Å². The van der Waals surface area contributed by atoms with Crippen LogP contribution in [0.25, 0.3) is 0 Å². The molecule has 0 aromatic heterocycles. The van der Waals surface area contributed by atoms with Crippen LogP contribution in [-0.4, -0.2) is 50.0 Å². The van der Waals surface area contributed by atoms with Gasteiger partial charge in [0.15, 0.2) is 0 Å². The van der Waals surface area contributed by atoms with Crippen LogP contribution in [0.5, 0.6) is 0 Å². The van der Waals surface area contributed by atoms with Crippen LogP contribution in [0.1, 0.15) is 26.3 Å². The second-order valence-electron chi connectivity index (χ2n) is 7.70. The highest BCUT2D eigenvalue weighted by molar-refractivity contribution is 9.10. The molecule has 0 bridgehead atoms. The molecule has 0 aliphatic carbocycles. The number of nitrogens with one attached hydrogen (secondary N) is 1. The lowest BCUT2D eigenvalue weighted by Crippen LogP contribution is -2.52. The number of rotatable bonds is 9. The first-order valence-electron chi connectivity index (χ1n) is 9.96. The van der Waals surface area contributed by atoms with E-state index in [0.29, 0.717) is 20.7 Å². The Labute approximate surface area is 202 Å². The van der Waals surface area contributed by atoms with Crippen LogP contribution in [0.15, 0.2) is 53.0 Å². The van der Waals surface area contributed by atoms with E-state index in [1.54, 1.807) is 55.5 Å². The summed E-state index contributed by atoms with van der Waals surface area (Å²) in [5.74, 6) is -0.865. The Balaban J connectivity index is 2.40. The lowest BCUT2D eigenvalue weighted by molar-refractivity contribution is -0.139. The molecular formula is C22H27BrClN3O4S. The molecule has 0 radical (unpaired) electrons. The molecule has 0 saturated heterocycles. The lowest BCUT2D eigenvalue weighted by atomic mass is 10.1. The Morgan fingerprint density at radius 3 is 2.31 bits per heavy atom. The molecule has 1 atom stereocenters. The first kappa shape index (κ1) is 26.2. The number of anilines is 1. The number of hydrogen-bond acceptors (Lipinski definition) is 4. The summed E-state index contributed by atoms with van der Waals surface area (Å²) in [7, 11) is -3.77. The van der Waals surface area contributed by atoms with Crippen LogP contribution in [0, 0.1) is 0 Å². The van der Waals surface area contributed by atoms with Gasteiger partial charge in [-0.2, -0.15) is 0 Å². The maximum atomic E-state index is 13.4. The summed E-state index contributed by atoms with van der Waals surface area (Å²) >= 11 is 9.61. The summed E-state index contributed by atoms with van der Waals surface area (Å²) < 4.78 is 26.7. The van der Waals surface area contributed by atoms with E-state index in [1.165, 1.54) is 4.90 Å². The number of halogens is 2. The van der Waals surface area contributed by atoms with Gasteiger partial charge in [-0.25, -0.2) is 8.42 Å². The van der Waals surface area contributed by atoms with E-state index in [4.69, 9.17) is 11.6 Å². The maximum Gasteiger partial charge on any atom is 0.244 e. The lowest BCUT2D eigenvalue weighted by Gasteiger charge is -2.32. The summed E-state index contributed by atoms with van der Waals surface area (Å²) in [6, 6.07) is 12.7. The molecule has 1 unspecified atom stereocenters. The highest BCUT2D eigenvalue weighted by Gasteiger charge is 2.30. The SMILES string of the molecule is CC(C)NC(=O)C(C)N(Cc1ccccc1Cl)C(=O)CN(c1cccc(Br)c1)S(C)(=O)=O. The van der Waals surface area contributed by atoms with Gasteiger partial charge >= 0.3 is 0 Å². The van der Waals surface area contributed by atoms with Crippen molar-refractivity contribution in [2.75, 3.05) is 17.1 Å². The molecule has 7 nitrogen and oxygen atoms in total. The Bertz CT molecular complexity index is 1080. The van der Waals surface area contributed by atoms with Crippen molar-refractivity contribution in [2.45, 2.75) is 39.4 Å². The molecule has 0 spiro atoms. The quantitative estimate of drug-likeness (QED) is 0.520. The van der Waals surface area contributed by atoms with E-state index in [1.807, 2.05) is 13.8 Å². The predicted molar refractivity (Wildman–Crippen MR) is 131 cm³/mol. The standard InChI is InChI=1S/C22H27BrClN3O4S/c1-15(2)25-22(29)16(3)26(13-17-8-5-6-11-20(17)24)21(28)14-27(32(4,30)31)19-10-7-9-18(23)12-19/h5-12,15-16H,13-14H2,1-4H3,(H,25,29). The van der Waals surface area contributed by atoms with Gasteiger partial charge in [0.1, 0.15) is 12.6 Å². The smallest absolute Gasteiger partial charge is 0.244 e. The number of hydrogen-bond donors (Lipinski definition) is 1. The molecule has 0 heterocycles. The van der Waals surface area contributed by atoms with Crippen molar-refractivity contribution in [3.05, 3.63) is 63.6 Å². The molecule has 2 amide bonds. The minimum Gasteiger partial charge on any atom is -0.352 e. The van der Waals surface area contributed by atoms with Crippen LogP contribution in [0.3, 0.4) is 0 Å². The van der Waals surface area contributed by atoms with E-state index in [2.05, 4.69) is 21.2 Å². The zero-order valence-electron chi connectivity index (χ0n) is 18.4. The molecule has 1 N–H and O–H groups in total. The first-order chi connectivity index (χ1) is 14.9. The van der Waals surface area contributed by atoms with Gasteiger partial charge < -0.3 is 10.2 Å². The van der Waals surface area contributed by atoms with Crippen LogP contribution >= 0.6 is 27.5 Å². The fraction of sp³-hybridized carbons (Fsp3) is 0.364. The molecule has 0 aliphatic heterocycles. The normalized spacial score (nSPS) is 12.3. The van der Waals surface area contributed by atoms with Crippen molar-refractivity contribution in [1.29, 1.82) is 0 Å². The van der Waals surface area contributed by atoms with Gasteiger partial charge in [0.05, 0.1) is 11.9 Å². The van der Waals surface area contributed by atoms with Crippen molar-refractivity contribution in [1.82, 2.24) is 10.2 Å². The predicted octanol–water partition coefficient (Wildman–Crippen LogP) is 3.81. The van der Waals surface area contributed by atoms with Gasteiger partial charge in [-0.1, -0.05) is 51.8 Å².